The molecule has 0 aromatic carbocycles. The number of hydrogen-bond donors (Lipinski definition) is 0. The summed E-state index contributed by atoms with van der Waals surface area (Å²) in [6, 6.07) is 0.537. The molecule has 2 aliphatic rings. The fourth-order valence-corrected chi connectivity index (χ4v) is 4.77. The minimum absolute atomic E-state index is 0.476. The summed E-state index contributed by atoms with van der Waals surface area (Å²) in [4.78, 5) is 9.62. The topological polar surface area (TPSA) is 37.8 Å². The summed E-state index contributed by atoms with van der Waals surface area (Å²) in [5.41, 5.74) is 0.476. The van der Waals surface area contributed by atoms with Crippen molar-refractivity contribution in [1.82, 2.24) is 14.8 Å². The van der Waals surface area contributed by atoms with Gasteiger partial charge in [0.25, 0.3) is 0 Å². The molecule has 3 rings (SSSR count). The predicted molar refractivity (Wildman–Crippen MR) is 92.8 cm³/mol. The second-order valence-electron chi connectivity index (χ2n) is 6.98. The highest BCUT2D eigenvalue weighted by Crippen LogP contribution is 2.44. The van der Waals surface area contributed by atoms with Gasteiger partial charge in [0.05, 0.1) is 19.8 Å². The Labute approximate surface area is 143 Å². The molecule has 1 aromatic heterocycles. The predicted octanol–water partition coefficient (Wildman–Crippen LogP) is 2.09. The van der Waals surface area contributed by atoms with Crippen molar-refractivity contribution in [2.24, 2.45) is 5.41 Å². The van der Waals surface area contributed by atoms with E-state index >= 15 is 0 Å². The summed E-state index contributed by atoms with van der Waals surface area (Å²) in [5.74, 6) is 0. The molecular formula is C17H29N3O2S. The lowest BCUT2D eigenvalue weighted by atomic mass is 9.76. The van der Waals surface area contributed by atoms with E-state index in [9.17, 15) is 0 Å². The maximum Gasteiger partial charge on any atom is 0.107 e. The fourth-order valence-electron chi connectivity index (χ4n) is 4.13. The van der Waals surface area contributed by atoms with Crippen LogP contribution in [0.4, 0.5) is 0 Å². The summed E-state index contributed by atoms with van der Waals surface area (Å²) < 4.78 is 10.7. The van der Waals surface area contributed by atoms with E-state index in [4.69, 9.17) is 9.47 Å². The smallest absolute Gasteiger partial charge is 0.107 e. The lowest BCUT2D eigenvalue weighted by Gasteiger charge is -2.39. The molecule has 1 atom stereocenters. The third-order valence-corrected chi connectivity index (χ3v) is 6.20. The van der Waals surface area contributed by atoms with Crippen LogP contribution in [0.2, 0.25) is 0 Å². The van der Waals surface area contributed by atoms with Gasteiger partial charge in [0.1, 0.15) is 5.01 Å². The Morgan fingerprint density at radius 3 is 2.78 bits per heavy atom. The van der Waals surface area contributed by atoms with Crippen molar-refractivity contribution in [3.63, 3.8) is 0 Å². The van der Waals surface area contributed by atoms with Gasteiger partial charge >= 0.3 is 0 Å². The van der Waals surface area contributed by atoms with Crippen LogP contribution in [0.1, 0.15) is 24.3 Å². The molecule has 130 valence electrons. The zero-order valence-electron chi connectivity index (χ0n) is 14.4. The van der Waals surface area contributed by atoms with Crippen LogP contribution in [0, 0.1) is 5.41 Å². The van der Waals surface area contributed by atoms with E-state index in [0.717, 1.165) is 26.3 Å². The minimum atomic E-state index is 0.476. The molecule has 0 aliphatic carbocycles. The largest absolute Gasteiger partial charge is 0.383 e. The Morgan fingerprint density at radius 2 is 2.13 bits per heavy atom. The molecule has 1 spiro atoms. The summed E-state index contributed by atoms with van der Waals surface area (Å²) in [6.45, 7) is 7.31. The highest BCUT2D eigenvalue weighted by atomic mass is 32.1. The zero-order chi connectivity index (χ0) is 16.1. The molecule has 2 aliphatic heterocycles. The van der Waals surface area contributed by atoms with E-state index in [1.165, 1.54) is 43.9 Å². The Morgan fingerprint density at radius 1 is 1.30 bits per heavy atom. The number of nitrogens with zero attached hydrogens (tertiary/aromatic N) is 3. The SMILES string of the molecule is COCCN1CCC2(CC1)C[C@@H](COC)N(Cc1nccs1)C2. The molecular weight excluding hydrogens is 310 g/mol. The molecule has 1 aromatic rings. The van der Waals surface area contributed by atoms with E-state index in [2.05, 4.69) is 20.2 Å². The first-order valence-electron chi connectivity index (χ1n) is 8.57. The van der Waals surface area contributed by atoms with Crippen molar-refractivity contribution >= 4 is 11.3 Å². The molecule has 3 heterocycles. The van der Waals surface area contributed by atoms with Gasteiger partial charge < -0.3 is 14.4 Å². The van der Waals surface area contributed by atoms with Crippen LogP contribution < -0.4 is 0 Å². The van der Waals surface area contributed by atoms with Crippen molar-refractivity contribution in [2.75, 3.05) is 53.6 Å². The second kappa shape index (κ2) is 8.03. The zero-order valence-corrected chi connectivity index (χ0v) is 15.2. The number of aromatic nitrogens is 1. The summed E-state index contributed by atoms with van der Waals surface area (Å²) in [6.07, 6.45) is 5.77. The van der Waals surface area contributed by atoms with Crippen molar-refractivity contribution < 1.29 is 9.47 Å². The van der Waals surface area contributed by atoms with E-state index in [1.807, 2.05) is 13.3 Å². The Hall–Kier alpha value is -0.530. The van der Waals surface area contributed by atoms with Gasteiger partial charge in [-0.05, 0) is 37.8 Å². The van der Waals surface area contributed by atoms with E-state index in [-0.39, 0.29) is 0 Å². The lowest BCUT2D eigenvalue weighted by Crippen LogP contribution is -2.42. The third-order valence-electron chi connectivity index (χ3n) is 5.43. The monoisotopic (exact) mass is 339 g/mol. The average molecular weight is 340 g/mol. The number of hydrogen-bond acceptors (Lipinski definition) is 6. The van der Waals surface area contributed by atoms with Crippen molar-refractivity contribution in [3.8, 4) is 0 Å². The van der Waals surface area contributed by atoms with E-state index < -0.39 is 0 Å². The highest BCUT2D eigenvalue weighted by Gasteiger charge is 2.45. The number of likely N-dealkylation sites (tertiary alicyclic amines) is 2. The summed E-state index contributed by atoms with van der Waals surface area (Å²) in [5, 5.41) is 3.29. The number of piperidine rings is 1. The second-order valence-corrected chi connectivity index (χ2v) is 7.96. The molecule has 0 amide bonds. The van der Waals surface area contributed by atoms with Crippen LogP contribution in [-0.4, -0.2) is 74.4 Å². The molecule has 2 saturated heterocycles. The van der Waals surface area contributed by atoms with E-state index in [0.29, 0.717) is 11.5 Å². The summed E-state index contributed by atoms with van der Waals surface area (Å²) in [7, 11) is 3.61. The number of methoxy groups -OCH3 is 2. The lowest BCUT2D eigenvalue weighted by molar-refractivity contribution is 0.0806. The van der Waals surface area contributed by atoms with Gasteiger partial charge in [-0.3, -0.25) is 4.90 Å². The molecule has 5 nitrogen and oxygen atoms in total. The Balaban J connectivity index is 1.59. The van der Waals surface area contributed by atoms with Crippen molar-refractivity contribution in [1.29, 1.82) is 0 Å². The van der Waals surface area contributed by atoms with Gasteiger partial charge in [0, 0.05) is 44.9 Å². The maximum absolute atomic E-state index is 5.50. The van der Waals surface area contributed by atoms with Gasteiger partial charge in [0.2, 0.25) is 0 Å². The molecule has 6 heteroatoms. The molecule has 0 radical (unpaired) electrons. The first-order valence-corrected chi connectivity index (χ1v) is 9.45. The Kier molecular flexibility index (Phi) is 6.04. The van der Waals surface area contributed by atoms with Crippen LogP contribution in [0.15, 0.2) is 11.6 Å². The molecule has 0 saturated carbocycles. The molecule has 23 heavy (non-hydrogen) atoms. The molecule has 0 unspecified atom stereocenters. The van der Waals surface area contributed by atoms with Gasteiger partial charge in [-0.2, -0.15) is 0 Å². The Bertz CT molecular complexity index is 460. The third kappa shape index (κ3) is 4.31. The van der Waals surface area contributed by atoms with Gasteiger partial charge in [0.15, 0.2) is 0 Å². The highest BCUT2D eigenvalue weighted by molar-refractivity contribution is 7.09. The first kappa shape index (κ1) is 17.3. The minimum Gasteiger partial charge on any atom is -0.383 e. The van der Waals surface area contributed by atoms with Crippen LogP contribution in [-0.2, 0) is 16.0 Å². The first-order chi connectivity index (χ1) is 11.2. The van der Waals surface area contributed by atoms with Crippen LogP contribution in [0.3, 0.4) is 0 Å². The quantitative estimate of drug-likeness (QED) is 0.760. The summed E-state index contributed by atoms with van der Waals surface area (Å²) >= 11 is 1.76. The number of rotatable bonds is 7. The van der Waals surface area contributed by atoms with Crippen LogP contribution in [0.5, 0.6) is 0 Å². The van der Waals surface area contributed by atoms with Crippen LogP contribution in [0.25, 0.3) is 0 Å². The van der Waals surface area contributed by atoms with Crippen molar-refractivity contribution in [3.05, 3.63) is 16.6 Å². The van der Waals surface area contributed by atoms with Gasteiger partial charge in [-0.1, -0.05) is 0 Å². The normalized spacial score (nSPS) is 25.4. The maximum atomic E-state index is 5.50. The van der Waals surface area contributed by atoms with Gasteiger partial charge in [-0.25, -0.2) is 4.98 Å². The average Bonchev–Trinajstić information content (AvgIpc) is 3.17. The number of ether oxygens (including phenoxy) is 2. The van der Waals surface area contributed by atoms with Crippen molar-refractivity contribution in [2.45, 2.75) is 31.8 Å². The molecule has 2 fully saturated rings. The van der Waals surface area contributed by atoms with Crippen LogP contribution >= 0.6 is 11.3 Å². The fraction of sp³-hybridized carbons (Fsp3) is 0.824. The molecule has 0 bridgehead atoms. The number of thiazole rings is 1. The van der Waals surface area contributed by atoms with E-state index in [1.54, 1.807) is 18.4 Å². The molecule has 0 N–H and O–H groups in total. The van der Waals surface area contributed by atoms with Gasteiger partial charge in [-0.15, -0.1) is 11.3 Å². The standard InChI is InChI=1S/C17H29N3O2S/c1-21-9-8-19-6-3-17(4-7-19)11-15(13-22-2)20(14-17)12-16-18-5-10-23-16/h5,10,15H,3-4,6-9,11-14H2,1-2H3/t15-/m0/s1.